The van der Waals surface area contributed by atoms with E-state index in [-0.39, 0.29) is 0 Å². The van der Waals surface area contributed by atoms with Crippen LogP contribution in [0.5, 0.6) is 0 Å². The molecule has 13 heavy (non-hydrogen) atoms. The lowest BCUT2D eigenvalue weighted by atomic mass is 9.84. The zero-order valence-corrected chi connectivity index (χ0v) is 9.95. The Morgan fingerprint density at radius 3 is 2.23 bits per heavy atom. The first-order valence-electron chi connectivity index (χ1n) is 5.83. The van der Waals surface area contributed by atoms with Crippen molar-refractivity contribution in [2.45, 2.75) is 59.8 Å². The fourth-order valence-corrected chi connectivity index (χ4v) is 1.38. The fourth-order valence-electron chi connectivity index (χ4n) is 1.38. The minimum absolute atomic E-state index is 0.568. The monoisotopic (exact) mass is 185 g/mol. The summed E-state index contributed by atoms with van der Waals surface area (Å²) >= 11 is 0. The molecule has 0 aliphatic heterocycles. The van der Waals surface area contributed by atoms with Gasteiger partial charge in [-0.15, -0.1) is 0 Å². The molecule has 0 spiro atoms. The van der Waals surface area contributed by atoms with E-state index < -0.39 is 0 Å². The summed E-state index contributed by atoms with van der Waals surface area (Å²) in [6, 6.07) is 0. The first-order chi connectivity index (χ1) is 6.12. The molecule has 0 aliphatic rings. The maximum absolute atomic E-state index is 3.36. The summed E-state index contributed by atoms with van der Waals surface area (Å²) in [4.78, 5) is 0. The van der Waals surface area contributed by atoms with E-state index in [1.54, 1.807) is 0 Å². The van der Waals surface area contributed by atoms with Gasteiger partial charge in [0.2, 0.25) is 0 Å². The quantitative estimate of drug-likeness (QED) is 0.570. The van der Waals surface area contributed by atoms with Crippen LogP contribution in [0.15, 0.2) is 0 Å². The molecule has 0 saturated heterocycles. The lowest BCUT2D eigenvalue weighted by Gasteiger charge is -2.22. The summed E-state index contributed by atoms with van der Waals surface area (Å²) in [6.07, 6.45) is 6.81. The maximum atomic E-state index is 3.36. The molecule has 0 aromatic rings. The summed E-state index contributed by atoms with van der Waals surface area (Å²) in [6.45, 7) is 11.5. The van der Waals surface area contributed by atoms with Crippen molar-refractivity contribution in [2.75, 3.05) is 13.1 Å². The first kappa shape index (κ1) is 13.0. The van der Waals surface area contributed by atoms with E-state index in [4.69, 9.17) is 0 Å². The Labute approximate surface area is 84.3 Å². The van der Waals surface area contributed by atoms with Gasteiger partial charge in [0.25, 0.3) is 0 Å². The molecule has 80 valence electrons. The average Bonchev–Trinajstić information content (AvgIpc) is 2.11. The molecule has 0 unspecified atom stereocenters. The summed E-state index contributed by atoms with van der Waals surface area (Å²) < 4.78 is 0. The molecule has 1 N–H and O–H groups in total. The molecular formula is C12H27N. The Morgan fingerprint density at radius 2 is 1.69 bits per heavy atom. The van der Waals surface area contributed by atoms with E-state index >= 15 is 0 Å². The van der Waals surface area contributed by atoms with Crippen molar-refractivity contribution in [3.05, 3.63) is 0 Å². The van der Waals surface area contributed by atoms with Crippen molar-refractivity contribution in [1.29, 1.82) is 0 Å². The van der Waals surface area contributed by atoms with Crippen molar-refractivity contribution in [1.82, 2.24) is 5.32 Å². The highest BCUT2D eigenvalue weighted by atomic mass is 14.8. The topological polar surface area (TPSA) is 12.0 Å². The first-order valence-corrected chi connectivity index (χ1v) is 5.83. The molecule has 0 aromatic heterocycles. The third-order valence-corrected chi connectivity index (χ3v) is 2.91. The van der Waals surface area contributed by atoms with Crippen molar-refractivity contribution in [2.24, 2.45) is 5.41 Å². The summed E-state index contributed by atoms with van der Waals surface area (Å²) in [5.74, 6) is 0. The van der Waals surface area contributed by atoms with Gasteiger partial charge in [0, 0.05) is 0 Å². The van der Waals surface area contributed by atoms with E-state index in [0.29, 0.717) is 5.41 Å². The van der Waals surface area contributed by atoms with Gasteiger partial charge in [-0.2, -0.15) is 0 Å². The summed E-state index contributed by atoms with van der Waals surface area (Å²) in [7, 11) is 0. The summed E-state index contributed by atoms with van der Waals surface area (Å²) in [5, 5.41) is 3.36. The van der Waals surface area contributed by atoms with Crippen LogP contribution < -0.4 is 5.32 Å². The van der Waals surface area contributed by atoms with Gasteiger partial charge >= 0.3 is 0 Å². The van der Waals surface area contributed by atoms with Crippen LogP contribution in [0.25, 0.3) is 0 Å². The lowest BCUT2D eigenvalue weighted by molar-refractivity contribution is 0.307. The third-order valence-electron chi connectivity index (χ3n) is 2.91. The molecule has 0 rings (SSSR count). The largest absolute Gasteiger partial charge is 0.317 e. The van der Waals surface area contributed by atoms with Crippen molar-refractivity contribution in [3.63, 3.8) is 0 Å². The predicted octanol–water partition coefficient (Wildman–Crippen LogP) is 3.59. The normalized spacial score (nSPS) is 12.0. The van der Waals surface area contributed by atoms with Crippen LogP contribution >= 0.6 is 0 Å². The van der Waals surface area contributed by atoms with E-state index in [1.807, 2.05) is 0 Å². The van der Waals surface area contributed by atoms with Crippen molar-refractivity contribution < 1.29 is 0 Å². The van der Waals surface area contributed by atoms with Crippen LogP contribution in [0.2, 0.25) is 0 Å². The Kier molecular flexibility index (Phi) is 7.35. The van der Waals surface area contributed by atoms with Crippen LogP contribution in [-0.2, 0) is 0 Å². The van der Waals surface area contributed by atoms with E-state index in [2.05, 4.69) is 33.0 Å². The second-order valence-corrected chi connectivity index (χ2v) is 4.68. The number of hydrogen-bond acceptors (Lipinski definition) is 1. The Bertz CT molecular complexity index is 108. The van der Waals surface area contributed by atoms with Crippen LogP contribution in [0.1, 0.15) is 59.8 Å². The second kappa shape index (κ2) is 7.37. The van der Waals surface area contributed by atoms with E-state index in [1.165, 1.54) is 38.6 Å². The molecule has 0 saturated carbocycles. The van der Waals surface area contributed by atoms with Gasteiger partial charge in [-0.3, -0.25) is 0 Å². The predicted molar refractivity (Wildman–Crippen MR) is 61.1 cm³/mol. The van der Waals surface area contributed by atoms with Gasteiger partial charge in [0.15, 0.2) is 0 Å². The standard InChI is InChI=1S/C12H27N/c1-5-12(3,4)10-8-7-9-11-13-6-2/h13H,5-11H2,1-4H3. The zero-order chi connectivity index (χ0) is 10.2. The highest BCUT2D eigenvalue weighted by Gasteiger charge is 2.13. The number of rotatable bonds is 8. The Balaban J connectivity index is 3.16. The highest BCUT2D eigenvalue weighted by molar-refractivity contribution is 4.65. The molecule has 0 atom stereocenters. The second-order valence-electron chi connectivity index (χ2n) is 4.68. The van der Waals surface area contributed by atoms with Crippen LogP contribution in [0, 0.1) is 5.41 Å². The molecule has 0 heterocycles. The molecule has 0 aliphatic carbocycles. The van der Waals surface area contributed by atoms with Gasteiger partial charge < -0.3 is 5.32 Å². The molecule has 0 aromatic carbocycles. The molecule has 0 bridgehead atoms. The molecular weight excluding hydrogens is 158 g/mol. The molecule has 1 heteroatoms. The molecule has 0 fully saturated rings. The number of unbranched alkanes of at least 4 members (excludes halogenated alkanes) is 2. The van der Waals surface area contributed by atoms with Crippen LogP contribution in [0.4, 0.5) is 0 Å². The van der Waals surface area contributed by atoms with Crippen molar-refractivity contribution in [3.8, 4) is 0 Å². The minimum Gasteiger partial charge on any atom is -0.317 e. The Hall–Kier alpha value is -0.0400. The van der Waals surface area contributed by atoms with Gasteiger partial charge in [0.1, 0.15) is 0 Å². The highest BCUT2D eigenvalue weighted by Crippen LogP contribution is 2.26. The van der Waals surface area contributed by atoms with Crippen molar-refractivity contribution >= 4 is 0 Å². The number of nitrogens with one attached hydrogen (secondary N) is 1. The summed E-state index contributed by atoms with van der Waals surface area (Å²) in [5.41, 5.74) is 0.568. The SMILES string of the molecule is CCNCCCCCC(C)(C)CC. The maximum Gasteiger partial charge on any atom is -0.00490 e. The molecule has 0 radical (unpaired) electrons. The third kappa shape index (κ3) is 8.29. The smallest absolute Gasteiger partial charge is 0.00490 e. The van der Waals surface area contributed by atoms with E-state index in [9.17, 15) is 0 Å². The van der Waals surface area contributed by atoms with Gasteiger partial charge in [-0.05, 0) is 31.3 Å². The molecule has 0 amide bonds. The minimum atomic E-state index is 0.568. The lowest BCUT2D eigenvalue weighted by Crippen LogP contribution is -2.14. The average molecular weight is 185 g/mol. The Morgan fingerprint density at radius 1 is 1.00 bits per heavy atom. The van der Waals surface area contributed by atoms with Crippen LogP contribution in [0.3, 0.4) is 0 Å². The van der Waals surface area contributed by atoms with Crippen LogP contribution in [-0.4, -0.2) is 13.1 Å². The fraction of sp³-hybridized carbons (Fsp3) is 1.00. The zero-order valence-electron chi connectivity index (χ0n) is 9.95. The van der Waals surface area contributed by atoms with Gasteiger partial charge in [-0.1, -0.05) is 47.0 Å². The van der Waals surface area contributed by atoms with E-state index in [0.717, 1.165) is 6.54 Å². The number of hydrogen-bond donors (Lipinski definition) is 1. The van der Waals surface area contributed by atoms with Gasteiger partial charge in [0.05, 0.1) is 0 Å². The van der Waals surface area contributed by atoms with Gasteiger partial charge in [-0.25, -0.2) is 0 Å². The molecule has 1 nitrogen and oxygen atoms in total.